The van der Waals surface area contributed by atoms with Crippen LogP contribution in [0.2, 0.25) is 0 Å². The first-order chi connectivity index (χ1) is 19.1. The van der Waals surface area contributed by atoms with Crippen molar-refractivity contribution < 1.29 is 24.2 Å². The van der Waals surface area contributed by atoms with Gasteiger partial charge in [0.15, 0.2) is 0 Å². The van der Waals surface area contributed by atoms with Gasteiger partial charge in [0.1, 0.15) is 22.9 Å². The van der Waals surface area contributed by atoms with Crippen LogP contribution >= 0.6 is 0 Å². The molecule has 0 radical (unpaired) electrons. The molecule has 210 valence electrons. The number of carbonyl (C=O) groups excluding carboxylic acids is 2. The van der Waals surface area contributed by atoms with Gasteiger partial charge in [-0.2, -0.15) is 0 Å². The minimum absolute atomic E-state index is 0.0832. The highest BCUT2D eigenvalue weighted by atomic mass is 16.5. The summed E-state index contributed by atoms with van der Waals surface area (Å²) in [7, 11) is 0. The van der Waals surface area contributed by atoms with Gasteiger partial charge >= 0.3 is 0 Å². The molecule has 0 aliphatic carbocycles. The first-order valence-electron chi connectivity index (χ1n) is 13.9. The number of hydrogen-bond donors (Lipinski definition) is 1. The number of carbonyl (C=O) groups is 2. The summed E-state index contributed by atoms with van der Waals surface area (Å²) < 4.78 is 11.7. The van der Waals surface area contributed by atoms with Crippen molar-refractivity contribution in [2.45, 2.75) is 72.1 Å². The average Bonchev–Trinajstić information content (AvgIpc) is 3.16. The van der Waals surface area contributed by atoms with E-state index in [2.05, 4.69) is 6.92 Å². The molecule has 4 rings (SSSR count). The SMILES string of the molecule is CCCCCOc1ccc(/C(O)=C2/C(=O)C(=O)N(Cc3ccc(OC(C)(C)C)cc3)C2c2cccc(C)c2)cc1. The van der Waals surface area contributed by atoms with Gasteiger partial charge in [-0.1, -0.05) is 61.7 Å². The Labute approximate surface area is 237 Å². The molecule has 3 aromatic rings. The van der Waals surface area contributed by atoms with E-state index >= 15 is 0 Å². The number of aryl methyl sites for hydroxylation is 1. The summed E-state index contributed by atoms with van der Waals surface area (Å²) in [5.74, 6) is -0.108. The molecule has 1 fully saturated rings. The first kappa shape index (κ1) is 28.9. The first-order valence-corrected chi connectivity index (χ1v) is 13.9. The van der Waals surface area contributed by atoms with Gasteiger partial charge in [-0.05, 0) is 81.6 Å². The molecule has 1 saturated heterocycles. The quantitative estimate of drug-likeness (QED) is 0.126. The molecule has 40 heavy (non-hydrogen) atoms. The lowest BCUT2D eigenvalue weighted by Gasteiger charge is -2.26. The van der Waals surface area contributed by atoms with Crippen LogP contribution in [0, 0.1) is 6.92 Å². The van der Waals surface area contributed by atoms with Gasteiger partial charge in [0.2, 0.25) is 0 Å². The highest BCUT2D eigenvalue weighted by Gasteiger charge is 2.46. The Morgan fingerprint density at radius 3 is 2.23 bits per heavy atom. The molecule has 1 amide bonds. The van der Waals surface area contributed by atoms with Crippen LogP contribution in [-0.4, -0.2) is 33.9 Å². The number of unbranched alkanes of at least 4 members (excludes halogenated alkanes) is 2. The van der Waals surface area contributed by atoms with Crippen LogP contribution in [0.5, 0.6) is 11.5 Å². The van der Waals surface area contributed by atoms with Crippen LogP contribution in [0.1, 0.15) is 75.3 Å². The number of amides is 1. The summed E-state index contributed by atoms with van der Waals surface area (Å²) in [6.45, 7) is 10.9. The molecule has 3 aromatic carbocycles. The van der Waals surface area contributed by atoms with E-state index in [1.165, 1.54) is 4.90 Å². The van der Waals surface area contributed by atoms with Crippen molar-refractivity contribution in [3.05, 3.63) is 101 Å². The molecule has 0 spiro atoms. The Hall–Kier alpha value is -4.06. The summed E-state index contributed by atoms with van der Waals surface area (Å²) in [5, 5.41) is 11.4. The number of rotatable bonds is 10. The van der Waals surface area contributed by atoms with E-state index in [9.17, 15) is 14.7 Å². The fourth-order valence-corrected chi connectivity index (χ4v) is 4.85. The summed E-state index contributed by atoms with van der Waals surface area (Å²) in [6.07, 6.45) is 3.20. The van der Waals surface area contributed by atoms with E-state index in [0.29, 0.717) is 17.9 Å². The molecule has 6 nitrogen and oxygen atoms in total. The molecule has 1 aliphatic rings. The van der Waals surface area contributed by atoms with E-state index in [1.54, 1.807) is 24.3 Å². The minimum Gasteiger partial charge on any atom is -0.507 e. The summed E-state index contributed by atoms with van der Waals surface area (Å²) in [4.78, 5) is 28.3. The molecule has 1 atom stereocenters. The number of nitrogens with zero attached hydrogens (tertiary/aromatic N) is 1. The van der Waals surface area contributed by atoms with Crippen molar-refractivity contribution in [1.29, 1.82) is 0 Å². The van der Waals surface area contributed by atoms with E-state index < -0.39 is 17.7 Å². The molecule has 1 unspecified atom stereocenters. The zero-order valence-electron chi connectivity index (χ0n) is 24.1. The maximum atomic E-state index is 13.4. The summed E-state index contributed by atoms with van der Waals surface area (Å²) >= 11 is 0. The lowest BCUT2D eigenvalue weighted by Crippen LogP contribution is -2.29. The fourth-order valence-electron chi connectivity index (χ4n) is 4.85. The lowest BCUT2D eigenvalue weighted by molar-refractivity contribution is -0.140. The van der Waals surface area contributed by atoms with Crippen molar-refractivity contribution in [2.24, 2.45) is 0 Å². The van der Waals surface area contributed by atoms with E-state index in [0.717, 1.165) is 41.7 Å². The van der Waals surface area contributed by atoms with E-state index in [1.807, 2.05) is 76.2 Å². The molecule has 1 heterocycles. The van der Waals surface area contributed by atoms with Crippen molar-refractivity contribution in [2.75, 3.05) is 6.61 Å². The van der Waals surface area contributed by atoms with Gasteiger partial charge in [-0.15, -0.1) is 0 Å². The zero-order valence-corrected chi connectivity index (χ0v) is 24.1. The highest BCUT2D eigenvalue weighted by Crippen LogP contribution is 2.40. The number of ether oxygens (including phenoxy) is 2. The van der Waals surface area contributed by atoms with Gasteiger partial charge < -0.3 is 19.5 Å². The zero-order chi connectivity index (χ0) is 28.9. The molecule has 0 aromatic heterocycles. The van der Waals surface area contributed by atoms with Gasteiger partial charge in [0.25, 0.3) is 11.7 Å². The Balaban J connectivity index is 1.67. The van der Waals surface area contributed by atoms with Crippen LogP contribution < -0.4 is 9.47 Å². The van der Waals surface area contributed by atoms with E-state index in [-0.39, 0.29) is 23.5 Å². The van der Waals surface area contributed by atoms with Crippen LogP contribution in [0.15, 0.2) is 78.4 Å². The minimum atomic E-state index is -0.727. The second-order valence-corrected chi connectivity index (χ2v) is 11.3. The van der Waals surface area contributed by atoms with Gasteiger partial charge in [-0.25, -0.2) is 0 Å². The third kappa shape index (κ3) is 6.92. The van der Waals surface area contributed by atoms with Gasteiger partial charge in [-0.3, -0.25) is 9.59 Å². The number of benzene rings is 3. The van der Waals surface area contributed by atoms with Gasteiger partial charge in [0.05, 0.1) is 18.2 Å². The standard InChI is InChI=1S/C34H39NO5/c1-6-7-8-20-39-27-18-14-25(15-19-27)31(36)29-30(26-11-9-10-23(2)21-26)35(33(38)32(29)37)22-24-12-16-28(17-13-24)40-34(3,4)5/h9-19,21,30,36H,6-8,20,22H2,1-5H3/b31-29-. The smallest absolute Gasteiger partial charge is 0.295 e. The second-order valence-electron chi connectivity index (χ2n) is 11.3. The molecule has 1 N–H and O–H groups in total. The monoisotopic (exact) mass is 541 g/mol. The average molecular weight is 542 g/mol. The summed E-state index contributed by atoms with van der Waals surface area (Å²) in [5.41, 5.74) is 2.83. The third-order valence-corrected chi connectivity index (χ3v) is 6.74. The molecule has 0 bridgehead atoms. The predicted molar refractivity (Wildman–Crippen MR) is 157 cm³/mol. The third-order valence-electron chi connectivity index (χ3n) is 6.74. The van der Waals surface area contributed by atoms with Crippen molar-refractivity contribution in [1.82, 2.24) is 4.90 Å². The normalized spacial score (nSPS) is 16.8. The van der Waals surface area contributed by atoms with Crippen LogP contribution in [0.3, 0.4) is 0 Å². The van der Waals surface area contributed by atoms with E-state index in [4.69, 9.17) is 9.47 Å². The molecule has 0 saturated carbocycles. The van der Waals surface area contributed by atoms with Crippen molar-refractivity contribution in [3.8, 4) is 11.5 Å². The number of ketones is 1. The van der Waals surface area contributed by atoms with Crippen LogP contribution in [0.4, 0.5) is 0 Å². The van der Waals surface area contributed by atoms with Gasteiger partial charge in [0, 0.05) is 12.1 Å². The molecule has 6 heteroatoms. The highest BCUT2D eigenvalue weighted by molar-refractivity contribution is 6.46. The summed E-state index contributed by atoms with van der Waals surface area (Å²) in [6, 6.07) is 21.5. The molecule has 1 aliphatic heterocycles. The largest absolute Gasteiger partial charge is 0.507 e. The maximum Gasteiger partial charge on any atom is 0.295 e. The Morgan fingerprint density at radius 2 is 1.60 bits per heavy atom. The van der Waals surface area contributed by atoms with Crippen LogP contribution in [-0.2, 0) is 16.1 Å². The Morgan fingerprint density at radius 1 is 0.925 bits per heavy atom. The van der Waals surface area contributed by atoms with Crippen molar-refractivity contribution >= 4 is 17.4 Å². The molecular formula is C34H39NO5. The number of hydrogen-bond acceptors (Lipinski definition) is 5. The topological polar surface area (TPSA) is 76.1 Å². The number of aliphatic hydroxyl groups excluding tert-OH is 1. The van der Waals surface area contributed by atoms with Crippen LogP contribution in [0.25, 0.3) is 5.76 Å². The van der Waals surface area contributed by atoms with Crippen molar-refractivity contribution in [3.63, 3.8) is 0 Å². The number of Topliss-reactive ketones (excluding diaryl/α,β-unsaturated/α-hetero) is 1. The Kier molecular flexibility index (Phi) is 8.98. The lowest BCUT2D eigenvalue weighted by atomic mass is 9.94. The Bertz CT molecular complexity index is 1370. The number of likely N-dealkylation sites (tertiary alicyclic amines) is 1. The fraction of sp³-hybridized carbons (Fsp3) is 0.353. The maximum absolute atomic E-state index is 13.4. The molecular weight excluding hydrogens is 502 g/mol. The predicted octanol–water partition coefficient (Wildman–Crippen LogP) is 7.36. The number of aliphatic hydroxyl groups is 1. The second kappa shape index (κ2) is 12.4.